The smallest absolute Gasteiger partial charge is 0.243 e. The average molecular weight is 391 g/mol. The van der Waals surface area contributed by atoms with Gasteiger partial charge in [0, 0.05) is 30.1 Å². The molecule has 0 aliphatic carbocycles. The van der Waals surface area contributed by atoms with Crippen LogP contribution in [0.15, 0.2) is 59.5 Å². The third-order valence-corrected chi connectivity index (χ3v) is 7.70. The molecule has 0 unspecified atom stereocenters. The molecule has 0 aromatic heterocycles. The van der Waals surface area contributed by atoms with Gasteiger partial charge in [0.2, 0.25) is 10.0 Å². The summed E-state index contributed by atoms with van der Waals surface area (Å²) in [7, 11) is -3.34. The van der Waals surface area contributed by atoms with E-state index in [1.807, 2.05) is 18.2 Å². The summed E-state index contributed by atoms with van der Waals surface area (Å²) in [6.45, 7) is 4.26. The van der Waals surface area contributed by atoms with Crippen molar-refractivity contribution >= 4 is 21.6 Å². The van der Waals surface area contributed by atoms with Gasteiger partial charge in [0.25, 0.3) is 0 Å². The molecular formula is C20H23ClN2O2S. The molecule has 0 saturated carbocycles. The van der Waals surface area contributed by atoms with Crippen molar-refractivity contribution in [2.24, 2.45) is 5.41 Å². The van der Waals surface area contributed by atoms with Crippen LogP contribution >= 0.6 is 11.6 Å². The van der Waals surface area contributed by atoms with Gasteiger partial charge < -0.3 is 0 Å². The van der Waals surface area contributed by atoms with Crippen molar-refractivity contribution in [1.82, 2.24) is 9.21 Å². The summed E-state index contributed by atoms with van der Waals surface area (Å²) in [6, 6.07) is 16.8. The number of halogens is 1. The van der Waals surface area contributed by atoms with Crippen LogP contribution in [0.5, 0.6) is 0 Å². The highest BCUT2D eigenvalue weighted by Crippen LogP contribution is 2.43. The largest absolute Gasteiger partial charge is 0.299 e. The quantitative estimate of drug-likeness (QED) is 0.800. The van der Waals surface area contributed by atoms with E-state index in [1.165, 1.54) is 5.56 Å². The molecule has 1 spiro atoms. The second kappa shape index (κ2) is 6.97. The fourth-order valence-corrected chi connectivity index (χ4v) is 5.78. The first kappa shape index (κ1) is 18.0. The monoisotopic (exact) mass is 390 g/mol. The van der Waals surface area contributed by atoms with Crippen molar-refractivity contribution in [2.45, 2.75) is 24.3 Å². The molecule has 4 nitrogen and oxygen atoms in total. The van der Waals surface area contributed by atoms with Crippen LogP contribution in [0.4, 0.5) is 0 Å². The lowest BCUT2D eigenvalue weighted by Crippen LogP contribution is -2.61. The number of sulfonamides is 1. The van der Waals surface area contributed by atoms with Crippen LogP contribution in [0, 0.1) is 5.41 Å². The Labute approximate surface area is 160 Å². The molecule has 6 heteroatoms. The number of rotatable bonds is 4. The van der Waals surface area contributed by atoms with Crippen LogP contribution in [-0.4, -0.2) is 43.8 Å². The average Bonchev–Trinajstić information content (AvgIpc) is 2.63. The normalized spacial score (nSPS) is 20.8. The third-order valence-electron chi connectivity index (χ3n) is 5.64. The summed E-state index contributed by atoms with van der Waals surface area (Å²) >= 11 is 5.95. The van der Waals surface area contributed by atoms with E-state index in [4.69, 9.17) is 11.6 Å². The molecule has 0 N–H and O–H groups in total. The summed E-state index contributed by atoms with van der Waals surface area (Å²) in [4.78, 5) is 2.85. The topological polar surface area (TPSA) is 40.6 Å². The minimum atomic E-state index is -3.34. The van der Waals surface area contributed by atoms with Crippen molar-refractivity contribution in [3.8, 4) is 0 Å². The summed E-state index contributed by atoms with van der Waals surface area (Å²) < 4.78 is 27.0. The van der Waals surface area contributed by atoms with E-state index < -0.39 is 10.0 Å². The number of nitrogens with zero attached hydrogens (tertiary/aromatic N) is 2. The maximum absolute atomic E-state index is 12.7. The van der Waals surface area contributed by atoms with Crippen LogP contribution in [0.3, 0.4) is 0 Å². The maximum atomic E-state index is 12.7. The second-order valence-corrected chi connectivity index (χ2v) is 9.86. The van der Waals surface area contributed by atoms with Crippen LogP contribution in [-0.2, 0) is 16.6 Å². The fourth-order valence-electron chi connectivity index (χ4n) is 3.96. The minimum Gasteiger partial charge on any atom is -0.299 e. The third kappa shape index (κ3) is 3.54. The molecule has 138 valence electrons. The number of likely N-dealkylation sites (tertiary alicyclic amines) is 1. The van der Waals surface area contributed by atoms with Gasteiger partial charge in [-0.1, -0.05) is 41.9 Å². The van der Waals surface area contributed by atoms with Gasteiger partial charge in [-0.2, -0.15) is 4.31 Å². The molecule has 26 heavy (non-hydrogen) atoms. The lowest BCUT2D eigenvalue weighted by molar-refractivity contribution is -0.00139. The SMILES string of the molecule is O=S(=O)(c1ccccc1)N1CC2(CCN(Cc3ccc(Cl)cc3)CC2)C1. The number of hydrogen-bond donors (Lipinski definition) is 0. The van der Waals surface area contributed by atoms with Crippen molar-refractivity contribution in [3.63, 3.8) is 0 Å². The number of piperidine rings is 1. The van der Waals surface area contributed by atoms with Crippen molar-refractivity contribution in [3.05, 3.63) is 65.2 Å². The van der Waals surface area contributed by atoms with Gasteiger partial charge >= 0.3 is 0 Å². The fraction of sp³-hybridized carbons (Fsp3) is 0.400. The Kier molecular flexibility index (Phi) is 4.82. The first-order chi connectivity index (χ1) is 12.5. The predicted molar refractivity (Wildman–Crippen MR) is 104 cm³/mol. The van der Waals surface area contributed by atoms with Crippen LogP contribution < -0.4 is 0 Å². The van der Waals surface area contributed by atoms with Gasteiger partial charge in [0.15, 0.2) is 0 Å². The van der Waals surface area contributed by atoms with Crippen LogP contribution in [0.1, 0.15) is 18.4 Å². The zero-order valence-electron chi connectivity index (χ0n) is 14.6. The summed E-state index contributed by atoms with van der Waals surface area (Å²) in [5.41, 5.74) is 1.44. The molecular weight excluding hydrogens is 368 g/mol. The molecule has 0 radical (unpaired) electrons. The molecule has 2 saturated heterocycles. The lowest BCUT2D eigenvalue weighted by Gasteiger charge is -2.53. The van der Waals surface area contributed by atoms with E-state index in [9.17, 15) is 8.42 Å². The summed E-state index contributed by atoms with van der Waals surface area (Å²) in [5.74, 6) is 0. The molecule has 4 rings (SSSR count). The van der Waals surface area contributed by atoms with E-state index in [1.54, 1.807) is 28.6 Å². The van der Waals surface area contributed by atoms with Gasteiger partial charge in [-0.3, -0.25) is 4.90 Å². The van der Waals surface area contributed by atoms with Gasteiger partial charge in [0.05, 0.1) is 4.90 Å². The van der Waals surface area contributed by atoms with Crippen molar-refractivity contribution < 1.29 is 8.42 Å². The van der Waals surface area contributed by atoms with E-state index in [-0.39, 0.29) is 5.41 Å². The predicted octanol–water partition coefficient (Wildman–Crippen LogP) is 3.63. The number of hydrogen-bond acceptors (Lipinski definition) is 3. The van der Waals surface area contributed by atoms with Crippen LogP contribution in [0.25, 0.3) is 0 Å². The minimum absolute atomic E-state index is 0.165. The lowest BCUT2D eigenvalue weighted by atomic mass is 9.73. The van der Waals surface area contributed by atoms with Gasteiger partial charge in [-0.05, 0) is 55.8 Å². The second-order valence-electron chi connectivity index (χ2n) is 7.49. The highest BCUT2D eigenvalue weighted by Gasteiger charge is 2.49. The molecule has 2 aliphatic heterocycles. The standard InChI is InChI=1S/C20H23ClN2O2S/c21-18-8-6-17(7-9-18)14-22-12-10-20(11-13-22)15-23(16-20)26(24,25)19-4-2-1-3-5-19/h1-9H,10-16H2. The molecule has 2 heterocycles. The van der Waals surface area contributed by atoms with Crippen LogP contribution in [0.2, 0.25) is 5.02 Å². The Morgan fingerprint density at radius 1 is 0.923 bits per heavy atom. The van der Waals surface area contributed by atoms with E-state index in [0.29, 0.717) is 18.0 Å². The van der Waals surface area contributed by atoms with Gasteiger partial charge in [0.1, 0.15) is 0 Å². The molecule has 2 fully saturated rings. The Hall–Kier alpha value is -1.40. The van der Waals surface area contributed by atoms with Gasteiger partial charge in [-0.15, -0.1) is 0 Å². The van der Waals surface area contributed by atoms with E-state index in [2.05, 4.69) is 17.0 Å². The molecule has 0 atom stereocenters. The highest BCUT2D eigenvalue weighted by molar-refractivity contribution is 7.89. The molecule has 0 bridgehead atoms. The van der Waals surface area contributed by atoms with E-state index >= 15 is 0 Å². The first-order valence-electron chi connectivity index (χ1n) is 8.99. The zero-order chi connectivity index (χ0) is 18.2. The Morgan fingerprint density at radius 2 is 1.54 bits per heavy atom. The Morgan fingerprint density at radius 3 is 2.15 bits per heavy atom. The Bertz CT molecular complexity index is 852. The summed E-state index contributed by atoms with van der Waals surface area (Å²) in [6.07, 6.45) is 2.11. The molecule has 2 aromatic rings. The first-order valence-corrected chi connectivity index (χ1v) is 10.8. The molecule has 2 aromatic carbocycles. The molecule has 2 aliphatic rings. The Balaban J connectivity index is 1.33. The van der Waals surface area contributed by atoms with Crippen molar-refractivity contribution in [1.29, 1.82) is 0 Å². The highest BCUT2D eigenvalue weighted by atomic mass is 35.5. The van der Waals surface area contributed by atoms with Crippen molar-refractivity contribution in [2.75, 3.05) is 26.2 Å². The number of benzene rings is 2. The van der Waals surface area contributed by atoms with E-state index in [0.717, 1.165) is 37.5 Å². The molecule has 0 amide bonds. The van der Waals surface area contributed by atoms with Gasteiger partial charge in [-0.25, -0.2) is 8.42 Å². The zero-order valence-corrected chi connectivity index (χ0v) is 16.2. The summed E-state index contributed by atoms with van der Waals surface area (Å²) in [5, 5.41) is 0.764. The maximum Gasteiger partial charge on any atom is 0.243 e.